The average Bonchev–Trinajstić information content (AvgIpc) is 3.10. The number of nitrogens with zero attached hydrogens (tertiary/aromatic N) is 4. The van der Waals surface area contributed by atoms with Crippen LogP contribution in [0.3, 0.4) is 0 Å². The molecule has 8 heteroatoms. The molecule has 2 aromatic heterocycles. The van der Waals surface area contributed by atoms with Crippen LogP contribution in [-0.2, 0) is 11.8 Å². The summed E-state index contributed by atoms with van der Waals surface area (Å²) >= 11 is 6.27. The third-order valence-electron chi connectivity index (χ3n) is 4.44. The van der Waals surface area contributed by atoms with Crippen LogP contribution in [0.1, 0.15) is 0 Å². The lowest BCUT2D eigenvalue weighted by Crippen LogP contribution is -2.36. The van der Waals surface area contributed by atoms with Gasteiger partial charge in [0.05, 0.1) is 30.1 Å². The van der Waals surface area contributed by atoms with Gasteiger partial charge in [0.2, 0.25) is 0 Å². The fourth-order valence-corrected chi connectivity index (χ4v) is 3.29. The number of halogens is 2. The zero-order valence-corrected chi connectivity index (χ0v) is 15.6. The number of hydrogen-bond donors (Lipinski definition) is 1. The van der Waals surface area contributed by atoms with Gasteiger partial charge in [-0.2, -0.15) is 5.10 Å². The standard InChI is InChI=1S/C19H19ClFN5O/c1-25-12-13(10-23-25)15-9-19(22-11-16(15)20)24-14-2-3-18(17(21)8-14)26-4-6-27-7-5-26/h2-3,8-12H,4-7H2,1H3,(H,22,24). The highest BCUT2D eigenvalue weighted by Crippen LogP contribution is 2.31. The minimum Gasteiger partial charge on any atom is -0.378 e. The van der Waals surface area contributed by atoms with Crippen molar-refractivity contribution in [1.29, 1.82) is 0 Å². The van der Waals surface area contributed by atoms with Crippen molar-refractivity contribution in [1.82, 2.24) is 14.8 Å². The Hall–Kier alpha value is -2.64. The Morgan fingerprint density at radius 2 is 2.00 bits per heavy atom. The van der Waals surface area contributed by atoms with Gasteiger partial charge in [0.1, 0.15) is 11.6 Å². The Balaban J connectivity index is 1.56. The van der Waals surface area contributed by atoms with E-state index >= 15 is 0 Å². The van der Waals surface area contributed by atoms with Gasteiger partial charge >= 0.3 is 0 Å². The zero-order chi connectivity index (χ0) is 18.8. The summed E-state index contributed by atoms with van der Waals surface area (Å²) in [7, 11) is 1.84. The van der Waals surface area contributed by atoms with Crippen LogP contribution in [0.25, 0.3) is 11.1 Å². The first-order valence-electron chi connectivity index (χ1n) is 8.64. The van der Waals surface area contributed by atoms with Gasteiger partial charge in [-0.25, -0.2) is 9.37 Å². The van der Waals surface area contributed by atoms with E-state index in [1.165, 1.54) is 6.07 Å². The quantitative estimate of drug-likeness (QED) is 0.736. The van der Waals surface area contributed by atoms with Crippen molar-refractivity contribution in [2.24, 2.45) is 7.05 Å². The van der Waals surface area contributed by atoms with Gasteiger partial charge in [-0.05, 0) is 24.3 Å². The van der Waals surface area contributed by atoms with Crippen LogP contribution in [-0.4, -0.2) is 41.1 Å². The van der Waals surface area contributed by atoms with Crippen molar-refractivity contribution >= 4 is 28.8 Å². The molecule has 27 heavy (non-hydrogen) atoms. The maximum Gasteiger partial charge on any atom is 0.148 e. The summed E-state index contributed by atoms with van der Waals surface area (Å²) in [6.45, 7) is 2.62. The van der Waals surface area contributed by atoms with E-state index in [-0.39, 0.29) is 5.82 Å². The second-order valence-corrected chi connectivity index (χ2v) is 6.75. The number of benzene rings is 1. The fraction of sp³-hybridized carbons (Fsp3) is 0.263. The van der Waals surface area contributed by atoms with Crippen LogP contribution in [0.15, 0.2) is 42.9 Å². The molecule has 4 rings (SSSR count). The Bertz CT molecular complexity index is 955. The number of morpholine rings is 1. The normalized spacial score (nSPS) is 14.4. The summed E-state index contributed by atoms with van der Waals surface area (Å²) in [5.41, 5.74) is 2.91. The summed E-state index contributed by atoms with van der Waals surface area (Å²) in [5.74, 6) is 0.306. The summed E-state index contributed by atoms with van der Waals surface area (Å²) in [6, 6.07) is 6.92. The SMILES string of the molecule is Cn1cc(-c2cc(Nc3ccc(N4CCOCC4)c(F)c3)ncc2Cl)cn1. The summed E-state index contributed by atoms with van der Waals surface area (Å²) < 4.78 is 21.6. The van der Waals surface area contributed by atoms with Crippen LogP contribution < -0.4 is 10.2 Å². The molecule has 1 saturated heterocycles. The summed E-state index contributed by atoms with van der Waals surface area (Å²) in [5, 5.41) is 7.84. The second-order valence-electron chi connectivity index (χ2n) is 6.34. The van der Waals surface area contributed by atoms with Crippen LogP contribution in [0.4, 0.5) is 21.6 Å². The predicted octanol–water partition coefficient (Wildman–Crippen LogP) is 3.85. The molecule has 3 aromatic rings. The molecule has 0 aliphatic carbocycles. The lowest BCUT2D eigenvalue weighted by atomic mass is 10.1. The Morgan fingerprint density at radius 3 is 2.70 bits per heavy atom. The third kappa shape index (κ3) is 3.89. The molecule has 0 spiro atoms. The number of anilines is 3. The average molecular weight is 388 g/mol. The van der Waals surface area contributed by atoms with E-state index < -0.39 is 0 Å². The molecule has 0 bridgehead atoms. The molecule has 1 aliphatic rings. The van der Waals surface area contributed by atoms with E-state index in [4.69, 9.17) is 16.3 Å². The number of pyridine rings is 1. The van der Waals surface area contributed by atoms with E-state index in [0.29, 0.717) is 48.5 Å². The summed E-state index contributed by atoms with van der Waals surface area (Å²) in [6.07, 6.45) is 5.19. The van der Waals surface area contributed by atoms with Gasteiger partial charge in [-0.15, -0.1) is 0 Å². The first-order valence-corrected chi connectivity index (χ1v) is 9.02. The summed E-state index contributed by atoms with van der Waals surface area (Å²) in [4.78, 5) is 6.28. The molecule has 1 N–H and O–H groups in total. The number of rotatable bonds is 4. The van der Waals surface area contributed by atoms with Gasteiger partial charge in [-0.1, -0.05) is 11.6 Å². The first kappa shape index (κ1) is 17.8. The minimum atomic E-state index is -0.275. The number of ether oxygens (including phenoxy) is 1. The molecule has 0 amide bonds. The predicted molar refractivity (Wildman–Crippen MR) is 104 cm³/mol. The van der Waals surface area contributed by atoms with E-state index in [0.717, 1.165) is 11.1 Å². The van der Waals surface area contributed by atoms with E-state index in [2.05, 4.69) is 15.4 Å². The van der Waals surface area contributed by atoms with Gasteiger partial charge in [-0.3, -0.25) is 4.68 Å². The van der Waals surface area contributed by atoms with E-state index in [1.54, 1.807) is 23.1 Å². The molecule has 1 fully saturated rings. The number of nitrogens with one attached hydrogen (secondary N) is 1. The maximum absolute atomic E-state index is 14.6. The number of aromatic nitrogens is 3. The molecule has 0 atom stereocenters. The minimum absolute atomic E-state index is 0.275. The molecule has 0 radical (unpaired) electrons. The molecule has 6 nitrogen and oxygen atoms in total. The molecule has 140 valence electrons. The Kier molecular flexibility index (Phi) is 4.96. The lowest BCUT2D eigenvalue weighted by Gasteiger charge is -2.29. The van der Waals surface area contributed by atoms with Gasteiger partial charge in [0.25, 0.3) is 0 Å². The Morgan fingerprint density at radius 1 is 1.19 bits per heavy atom. The van der Waals surface area contributed by atoms with E-state index in [1.807, 2.05) is 30.3 Å². The number of aryl methyl sites for hydroxylation is 1. The van der Waals surface area contributed by atoms with Crippen LogP contribution >= 0.6 is 11.6 Å². The largest absolute Gasteiger partial charge is 0.378 e. The first-order chi connectivity index (χ1) is 13.1. The molecule has 1 aromatic carbocycles. The van der Waals surface area contributed by atoms with Crippen molar-refractivity contribution in [3.63, 3.8) is 0 Å². The van der Waals surface area contributed by atoms with Gasteiger partial charge in [0.15, 0.2) is 0 Å². The van der Waals surface area contributed by atoms with Crippen molar-refractivity contribution in [2.75, 3.05) is 36.5 Å². The highest BCUT2D eigenvalue weighted by Gasteiger charge is 2.15. The fourth-order valence-electron chi connectivity index (χ4n) is 3.08. The molecule has 0 unspecified atom stereocenters. The van der Waals surface area contributed by atoms with Gasteiger partial charge < -0.3 is 15.0 Å². The highest BCUT2D eigenvalue weighted by molar-refractivity contribution is 6.33. The van der Waals surface area contributed by atoms with Crippen molar-refractivity contribution in [3.8, 4) is 11.1 Å². The molecule has 1 aliphatic heterocycles. The zero-order valence-electron chi connectivity index (χ0n) is 14.8. The van der Waals surface area contributed by atoms with Crippen LogP contribution in [0.5, 0.6) is 0 Å². The highest BCUT2D eigenvalue weighted by atomic mass is 35.5. The topological polar surface area (TPSA) is 55.2 Å². The smallest absolute Gasteiger partial charge is 0.148 e. The molecule has 3 heterocycles. The van der Waals surface area contributed by atoms with Gasteiger partial charge in [0, 0.05) is 49.3 Å². The monoisotopic (exact) mass is 387 g/mol. The molecular weight excluding hydrogens is 369 g/mol. The van der Waals surface area contributed by atoms with Crippen LogP contribution in [0, 0.1) is 5.82 Å². The van der Waals surface area contributed by atoms with Crippen molar-refractivity contribution in [3.05, 3.63) is 53.7 Å². The van der Waals surface area contributed by atoms with Crippen molar-refractivity contribution < 1.29 is 9.13 Å². The van der Waals surface area contributed by atoms with Crippen molar-refractivity contribution in [2.45, 2.75) is 0 Å². The van der Waals surface area contributed by atoms with Crippen LogP contribution in [0.2, 0.25) is 5.02 Å². The third-order valence-corrected chi connectivity index (χ3v) is 4.74. The maximum atomic E-state index is 14.6. The number of hydrogen-bond acceptors (Lipinski definition) is 5. The molecular formula is C19H19ClFN5O. The Labute approximate surface area is 161 Å². The molecule has 0 saturated carbocycles. The van der Waals surface area contributed by atoms with E-state index in [9.17, 15) is 4.39 Å². The lowest BCUT2D eigenvalue weighted by molar-refractivity contribution is 0.122. The second kappa shape index (κ2) is 7.54.